The average molecular weight is 195 g/mol. The van der Waals surface area contributed by atoms with Crippen molar-refractivity contribution in [1.82, 2.24) is 4.90 Å². The lowest BCUT2D eigenvalue weighted by molar-refractivity contribution is -0.179. The monoisotopic (exact) mass is 195 g/mol. The first-order valence-electron chi connectivity index (χ1n) is 4.63. The van der Waals surface area contributed by atoms with Gasteiger partial charge in [0.15, 0.2) is 0 Å². The third-order valence-corrected chi connectivity index (χ3v) is 2.79. The Morgan fingerprint density at radius 1 is 1.23 bits per heavy atom. The lowest BCUT2D eigenvalue weighted by Crippen LogP contribution is -2.32. The van der Waals surface area contributed by atoms with E-state index in [2.05, 4.69) is 0 Å². The molecule has 78 valence electrons. The van der Waals surface area contributed by atoms with Crippen LogP contribution in [0.15, 0.2) is 0 Å². The minimum absolute atomic E-state index is 0.169. The zero-order valence-electron chi connectivity index (χ0n) is 8.23. The number of alkyl halides is 3. The molecular weight excluding hydrogens is 179 g/mol. The number of halogens is 3. The van der Waals surface area contributed by atoms with E-state index in [1.54, 1.807) is 6.92 Å². The van der Waals surface area contributed by atoms with Gasteiger partial charge in [-0.2, -0.15) is 13.2 Å². The molecule has 0 saturated carbocycles. The fourth-order valence-electron chi connectivity index (χ4n) is 1.85. The predicted octanol–water partition coefficient (Wildman–Crippen LogP) is 2.53. The van der Waals surface area contributed by atoms with Crippen LogP contribution in [-0.4, -0.2) is 30.2 Å². The van der Waals surface area contributed by atoms with E-state index in [-0.39, 0.29) is 18.5 Å². The van der Waals surface area contributed by atoms with Crippen molar-refractivity contribution >= 4 is 0 Å². The molecule has 0 aromatic heterocycles. The molecule has 1 heterocycles. The van der Waals surface area contributed by atoms with Gasteiger partial charge >= 0.3 is 6.18 Å². The Hall–Kier alpha value is -0.250. The summed E-state index contributed by atoms with van der Waals surface area (Å²) >= 11 is 0. The Balaban J connectivity index is 2.62. The molecule has 0 aliphatic carbocycles. The summed E-state index contributed by atoms with van der Waals surface area (Å²) in [5, 5.41) is 0. The highest BCUT2D eigenvalue weighted by atomic mass is 19.4. The van der Waals surface area contributed by atoms with Crippen LogP contribution in [0.5, 0.6) is 0 Å². The summed E-state index contributed by atoms with van der Waals surface area (Å²) in [4.78, 5) is 1.89. The summed E-state index contributed by atoms with van der Waals surface area (Å²) < 4.78 is 37.3. The highest BCUT2D eigenvalue weighted by Crippen LogP contribution is 2.37. The highest BCUT2D eigenvalue weighted by Gasteiger charge is 2.47. The van der Waals surface area contributed by atoms with E-state index in [1.807, 2.05) is 18.7 Å². The summed E-state index contributed by atoms with van der Waals surface area (Å²) in [6, 6.07) is 0.217. The average Bonchev–Trinajstić information content (AvgIpc) is 2.29. The van der Waals surface area contributed by atoms with Crippen LogP contribution in [0.25, 0.3) is 0 Å². The second kappa shape index (κ2) is 3.48. The van der Waals surface area contributed by atoms with Crippen LogP contribution in [0.1, 0.15) is 20.8 Å². The SMILES string of the molecule is CC1CN(C(C)C)CC1C(F)(F)F. The Labute approximate surface area is 76.9 Å². The van der Waals surface area contributed by atoms with Crippen LogP contribution in [0.2, 0.25) is 0 Å². The maximum atomic E-state index is 12.4. The second-order valence-electron chi connectivity index (χ2n) is 4.17. The van der Waals surface area contributed by atoms with Gasteiger partial charge in [0.05, 0.1) is 5.92 Å². The van der Waals surface area contributed by atoms with Crippen molar-refractivity contribution in [3.63, 3.8) is 0 Å². The van der Waals surface area contributed by atoms with Crippen molar-refractivity contribution < 1.29 is 13.2 Å². The van der Waals surface area contributed by atoms with Gasteiger partial charge in [0.1, 0.15) is 0 Å². The van der Waals surface area contributed by atoms with Crippen molar-refractivity contribution in [3.8, 4) is 0 Å². The molecule has 2 unspecified atom stereocenters. The van der Waals surface area contributed by atoms with Gasteiger partial charge in [-0.05, 0) is 19.8 Å². The van der Waals surface area contributed by atoms with Gasteiger partial charge in [-0.3, -0.25) is 0 Å². The topological polar surface area (TPSA) is 3.24 Å². The standard InChI is InChI=1S/C9H16F3N/c1-6(2)13-4-7(3)8(5-13)9(10,11)12/h6-8H,4-5H2,1-3H3. The molecule has 0 radical (unpaired) electrons. The summed E-state index contributed by atoms with van der Waals surface area (Å²) in [6.45, 7) is 6.29. The van der Waals surface area contributed by atoms with Crippen LogP contribution in [-0.2, 0) is 0 Å². The number of nitrogens with zero attached hydrogens (tertiary/aromatic N) is 1. The van der Waals surface area contributed by atoms with Crippen LogP contribution in [0.3, 0.4) is 0 Å². The van der Waals surface area contributed by atoms with E-state index >= 15 is 0 Å². The van der Waals surface area contributed by atoms with Crippen LogP contribution in [0, 0.1) is 11.8 Å². The smallest absolute Gasteiger partial charge is 0.300 e. The third-order valence-electron chi connectivity index (χ3n) is 2.79. The van der Waals surface area contributed by atoms with Gasteiger partial charge in [0.25, 0.3) is 0 Å². The first-order chi connectivity index (χ1) is 5.82. The number of hydrogen-bond donors (Lipinski definition) is 0. The molecule has 0 amide bonds. The molecule has 1 aliphatic heterocycles. The van der Waals surface area contributed by atoms with E-state index in [9.17, 15) is 13.2 Å². The zero-order valence-corrected chi connectivity index (χ0v) is 8.23. The Kier molecular flexibility index (Phi) is 2.90. The first kappa shape index (κ1) is 10.8. The number of likely N-dealkylation sites (tertiary alicyclic amines) is 1. The van der Waals surface area contributed by atoms with E-state index in [1.165, 1.54) is 0 Å². The molecule has 2 atom stereocenters. The predicted molar refractivity (Wildman–Crippen MR) is 45.4 cm³/mol. The van der Waals surface area contributed by atoms with Crippen molar-refractivity contribution in [2.24, 2.45) is 11.8 Å². The number of hydrogen-bond acceptors (Lipinski definition) is 1. The molecule has 1 aliphatic rings. The first-order valence-corrected chi connectivity index (χ1v) is 4.63. The molecule has 0 N–H and O–H groups in total. The molecule has 1 saturated heterocycles. The number of rotatable bonds is 1. The molecule has 13 heavy (non-hydrogen) atoms. The normalized spacial score (nSPS) is 31.6. The fourth-order valence-corrected chi connectivity index (χ4v) is 1.85. The largest absolute Gasteiger partial charge is 0.393 e. The lowest BCUT2D eigenvalue weighted by atomic mass is 9.98. The molecule has 1 rings (SSSR count). The van der Waals surface area contributed by atoms with Crippen LogP contribution < -0.4 is 0 Å². The van der Waals surface area contributed by atoms with Crippen LogP contribution >= 0.6 is 0 Å². The quantitative estimate of drug-likeness (QED) is 0.621. The molecule has 0 aromatic carbocycles. The van der Waals surface area contributed by atoms with Crippen molar-refractivity contribution in [1.29, 1.82) is 0 Å². The third kappa shape index (κ3) is 2.36. The molecular formula is C9H16F3N. The lowest BCUT2D eigenvalue weighted by Gasteiger charge is -2.20. The van der Waals surface area contributed by atoms with Gasteiger partial charge in [-0.1, -0.05) is 6.92 Å². The Morgan fingerprint density at radius 2 is 1.77 bits per heavy atom. The molecule has 0 aromatic rings. The summed E-state index contributed by atoms with van der Waals surface area (Å²) in [6.07, 6.45) is -4.02. The summed E-state index contributed by atoms with van der Waals surface area (Å²) in [5.74, 6) is -1.39. The Morgan fingerprint density at radius 3 is 2.00 bits per heavy atom. The van der Waals surface area contributed by atoms with E-state index < -0.39 is 12.1 Å². The van der Waals surface area contributed by atoms with E-state index in [4.69, 9.17) is 0 Å². The maximum Gasteiger partial charge on any atom is 0.393 e. The van der Waals surface area contributed by atoms with Gasteiger partial charge < -0.3 is 4.90 Å². The maximum absolute atomic E-state index is 12.4. The minimum Gasteiger partial charge on any atom is -0.300 e. The summed E-state index contributed by atoms with van der Waals surface area (Å²) in [7, 11) is 0. The van der Waals surface area contributed by atoms with Crippen molar-refractivity contribution in [3.05, 3.63) is 0 Å². The van der Waals surface area contributed by atoms with Gasteiger partial charge in [0.2, 0.25) is 0 Å². The molecule has 0 bridgehead atoms. The van der Waals surface area contributed by atoms with E-state index in [0.29, 0.717) is 6.54 Å². The van der Waals surface area contributed by atoms with Crippen molar-refractivity contribution in [2.75, 3.05) is 13.1 Å². The van der Waals surface area contributed by atoms with Gasteiger partial charge in [-0.15, -0.1) is 0 Å². The molecule has 1 nitrogen and oxygen atoms in total. The second-order valence-corrected chi connectivity index (χ2v) is 4.17. The van der Waals surface area contributed by atoms with Gasteiger partial charge in [0, 0.05) is 19.1 Å². The van der Waals surface area contributed by atoms with Gasteiger partial charge in [-0.25, -0.2) is 0 Å². The van der Waals surface area contributed by atoms with E-state index in [0.717, 1.165) is 0 Å². The fraction of sp³-hybridized carbons (Fsp3) is 1.00. The van der Waals surface area contributed by atoms with Crippen molar-refractivity contribution in [2.45, 2.75) is 33.0 Å². The minimum atomic E-state index is -4.02. The molecule has 0 spiro atoms. The zero-order chi connectivity index (χ0) is 10.2. The molecule has 1 fully saturated rings. The summed E-state index contributed by atoms with van der Waals surface area (Å²) in [5.41, 5.74) is 0. The highest BCUT2D eigenvalue weighted by molar-refractivity contribution is 4.87. The van der Waals surface area contributed by atoms with Crippen LogP contribution in [0.4, 0.5) is 13.2 Å². The molecule has 4 heteroatoms. The Bertz CT molecular complexity index is 176.